The van der Waals surface area contributed by atoms with Crippen molar-refractivity contribution in [2.75, 3.05) is 0 Å². The second-order valence-electron chi connectivity index (χ2n) is 6.60. The van der Waals surface area contributed by atoms with Crippen LogP contribution in [-0.2, 0) is 13.1 Å². The zero-order valence-electron chi connectivity index (χ0n) is 15.6. The lowest BCUT2D eigenvalue weighted by atomic mass is 10.3. The van der Waals surface area contributed by atoms with E-state index in [1.807, 2.05) is 82.4 Å². The van der Waals surface area contributed by atoms with Crippen molar-refractivity contribution < 1.29 is 4.42 Å². The molecule has 7 nitrogen and oxygen atoms in total. The van der Waals surface area contributed by atoms with Gasteiger partial charge in [-0.2, -0.15) is 10.2 Å². The summed E-state index contributed by atoms with van der Waals surface area (Å²) < 4.78 is 9.66. The van der Waals surface area contributed by atoms with E-state index in [0.29, 0.717) is 13.1 Å². The van der Waals surface area contributed by atoms with Gasteiger partial charge >= 0.3 is 0 Å². The molecule has 5 rings (SSSR count). The molecule has 0 amide bonds. The summed E-state index contributed by atoms with van der Waals surface area (Å²) in [5.41, 5.74) is 3.40. The van der Waals surface area contributed by atoms with Gasteiger partial charge in [0.25, 0.3) is 0 Å². The predicted molar refractivity (Wildman–Crippen MR) is 108 cm³/mol. The second kappa shape index (κ2) is 7.55. The first-order valence-corrected chi connectivity index (χ1v) is 9.31. The standard InChI is InChI=1S/C22H18N6O/c1-3-11-23-19(5-1)21-9-13-27(25-21)15-17-7-8-18(29-17)16-28-14-10-22(26-28)20-6-2-4-12-24-20/h1-14H,15-16H2. The van der Waals surface area contributed by atoms with Crippen molar-refractivity contribution in [2.45, 2.75) is 13.1 Å². The van der Waals surface area contributed by atoms with Gasteiger partial charge in [-0.3, -0.25) is 19.3 Å². The number of rotatable bonds is 6. The Kier molecular flexibility index (Phi) is 4.46. The summed E-state index contributed by atoms with van der Waals surface area (Å²) in [6.07, 6.45) is 7.39. The summed E-state index contributed by atoms with van der Waals surface area (Å²) in [5, 5.41) is 9.15. The third-order valence-corrected chi connectivity index (χ3v) is 4.49. The van der Waals surface area contributed by atoms with E-state index in [4.69, 9.17) is 4.42 Å². The largest absolute Gasteiger partial charge is 0.462 e. The highest BCUT2D eigenvalue weighted by atomic mass is 16.3. The summed E-state index contributed by atoms with van der Waals surface area (Å²) in [6.45, 7) is 1.12. The van der Waals surface area contributed by atoms with Crippen LogP contribution in [0.1, 0.15) is 11.5 Å². The Balaban J connectivity index is 1.26. The van der Waals surface area contributed by atoms with Crippen LogP contribution in [0, 0.1) is 0 Å². The van der Waals surface area contributed by atoms with Crippen molar-refractivity contribution in [3.05, 3.63) is 97.0 Å². The third kappa shape index (κ3) is 3.84. The van der Waals surface area contributed by atoms with Crippen molar-refractivity contribution in [1.82, 2.24) is 29.5 Å². The lowest BCUT2D eigenvalue weighted by Gasteiger charge is -2.00. The van der Waals surface area contributed by atoms with Crippen molar-refractivity contribution in [3.8, 4) is 22.8 Å². The van der Waals surface area contributed by atoms with Gasteiger partial charge in [0, 0.05) is 24.8 Å². The first-order valence-electron chi connectivity index (χ1n) is 9.31. The molecule has 0 saturated carbocycles. The van der Waals surface area contributed by atoms with Crippen molar-refractivity contribution >= 4 is 0 Å². The summed E-state index contributed by atoms with van der Waals surface area (Å²) in [7, 11) is 0. The topological polar surface area (TPSA) is 74.6 Å². The van der Waals surface area contributed by atoms with Crippen LogP contribution in [-0.4, -0.2) is 29.5 Å². The molecule has 0 fully saturated rings. The molecular weight excluding hydrogens is 364 g/mol. The normalized spacial score (nSPS) is 11.0. The van der Waals surface area contributed by atoms with Gasteiger partial charge < -0.3 is 4.42 Å². The molecule has 142 valence electrons. The lowest BCUT2D eigenvalue weighted by molar-refractivity contribution is 0.428. The highest BCUT2D eigenvalue weighted by Gasteiger charge is 2.09. The third-order valence-electron chi connectivity index (χ3n) is 4.49. The summed E-state index contributed by atoms with van der Waals surface area (Å²) in [4.78, 5) is 8.66. The maximum Gasteiger partial charge on any atom is 0.125 e. The molecule has 5 aromatic rings. The number of aromatic nitrogens is 6. The number of hydrogen-bond donors (Lipinski definition) is 0. The molecule has 0 saturated heterocycles. The van der Waals surface area contributed by atoms with Gasteiger partial charge in [-0.1, -0.05) is 12.1 Å². The molecule has 0 aliphatic rings. The van der Waals surface area contributed by atoms with E-state index in [-0.39, 0.29) is 0 Å². The summed E-state index contributed by atoms with van der Waals surface area (Å²) in [6, 6.07) is 19.4. The number of furan rings is 1. The van der Waals surface area contributed by atoms with E-state index in [0.717, 1.165) is 34.3 Å². The Morgan fingerprint density at radius 1 is 0.586 bits per heavy atom. The van der Waals surface area contributed by atoms with Gasteiger partial charge in [0.15, 0.2) is 0 Å². The molecule has 7 heteroatoms. The summed E-state index contributed by atoms with van der Waals surface area (Å²) in [5.74, 6) is 1.68. The maximum absolute atomic E-state index is 5.97. The molecule has 0 radical (unpaired) electrons. The van der Waals surface area contributed by atoms with E-state index in [2.05, 4.69) is 20.2 Å². The van der Waals surface area contributed by atoms with Crippen molar-refractivity contribution in [3.63, 3.8) is 0 Å². The van der Waals surface area contributed by atoms with Gasteiger partial charge in [-0.25, -0.2) is 0 Å². The molecule has 0 aliphatic carbocycles. The maximum atomic E-state index is 5.97. The molecule has 0 spiro atoms. The molecular formula is C22H18N6O. The van der Waals surface area contributed by atoms with E-state index >= 15 is 0 Å². The smallest absolute Gasteiger partial charge is 0.125 e. The highest BCUT2D eigenvalue weighted by molar-refractivity contribution is 5.53. The van der Waals surface area contributed by atoms with E-state index in [1.165, 1.54) is 0 Å². The molecule has 29 heavy (non-hydrogen) atoms. The molecule has 0 unspecified atom stereocenters. The van der Waals surface area contributed by atoms with Crippen LogP contribution in [0.2, 0.25) is 0 Å². The average Bonchev–Trinajstić information content (AvgIpc) is 3.52. The van der Waals surface area contributed by atoms with Crippen molar-refractivity contribution in [1.29, 1.82) is 0 Å². The lowest BCUT2D eigenvalue weighted by Crippen LogP contribution is -2.01. The van der Waals surface area contributed by atoms with Crippen LogP contribution in [0.3, 0.4) is 0 Å². The van der Waals surface area contributed by atoms with E-state index in [9.17, 15) is 0 Å². The zero-order valence-corrected chi connectivity index (χ0v) is 15.6. The minimum Gasteiger partial charge on any atom is -0.462 e. The first-order chi connectivity index (χ1) is 14.3. The fourth-order valence-electron chi connectivity index (χ4n) is 3.11. The Labute approximate surface area is 167 Å². The predicted octanol–water partition coefficient (Wildman–Crippen LogP) is 3.89. The van der Waals surface area contributed by atoms with Gasteiger partial charge in [-0.15, -0.1) is 0 Å². The minimum atomic E-state index is 0.561. The fourth-order valence-corrected chi connectivity index (χ4v) is 3.11. The molecule has 5 aromatic heterocycles. The first kappa shape index (κ1) is 17.1. The zero-order chi connectivity index (χ0) is 19.5. The summed E-state index contributed by atoms with van der Waals surface area (Å²) >= 11 is 0. The van der Waals surface area contributed by atoms with Crippen LogP contribution in [0.4, 0.5) is 0 Å². The molecule has 0 bridgehead atoms. The highest BCUT2D eigenvalue weighted by Crippen LogP contribution is 2.17. The second-order valence-corrected chi connectivity index (χ2v) is 6.60. The quantitative estimate of drug-likeness (QED) is 0.445. The average molecular weight is 382 g/mol. The van der Waals surface area contributed by atoms with Gasteiger partial charge in [-0.05, 0) is 48.5 Å². The molecule has 0 atom stereocenters. The Bertz CT molecular complexity index is 1110. The van der Waals surface area contributed by atoms with Crippen LogP contribution < -0.4 is 0 Å². The Morgan fingerprint density at radius 3 is 1.55 bits per heavy atom. The fraction of sp³-hybridized carbons (Fsp3) is 0.0909. The van der Waals surface area contributed by atoms with Crippen LogP contribution in [0.15, 0.2) is 89.9 Å². The van der Waals surface area contributed by atoms with Gasteiger partial charge in [0.05, 0.1) is 24.5 Å². The minimum absolute atomic E-state index is 0.561. The SMILES string of the molecule is c1ccc(-c2ccn(Cc3ccc(Cn4ccc(-c5ccccn5)n4)o3)n2)nc1. The molecule has 0 N–H and O–H groups in total. The van der Waals surface area contributed by atoms with Gasteiger partial charge in [0.2, 0.25) is 0 Å². The van der Waals surface area contributed by atoms with Gasteiger partial charge in [0.1, 0.15) is 22.9 Å². The van der Waals surface area contributed by atoms with Crippen LogP contribution >= 0.6 is 0 Å². The van der Waals surface area contributed by atoms with Crippen molar-refractivity contribution in [2.24, 2.45) is 0 Å². The number of hydrogen-bond acceptors (Lipinski definition) is 5. The van der Waals surface area contributed by atoms with E-state index < -0.39 is 0 Å². The number of pyridine rings is 2. The Hall–Kier alpha value is -4.00. The molecule has 0 aromatic carbocycles. The monoisotopic (exact) mass is 382 g/mol. The number of nitrogens with zero attached hydrogens (tertiary/aromatic N) is 6. The Morgan fingerprint density at radius 2 is 1.10 bits per heavy atom. The van der Waals surface area contributed by atoms with Crippen LogP contribution in [0.25, 0.3) is 22.8 Å². The van der Waals surface area contributed by atoms with Crippen LogP contribution in [0.5, 0.6) is 0 Å². The molecule has 5 heterocycles. The van der Waals surface area contributed by atoms with E-state index in [1.54, 1.807) is 12.4 Å². The molecule has 0 aliphatic heterocycles.